The number of para-hydroxylation sites is 1. The van der Waals surface area contributed by atoms with Gasteiger partial charge in [0.2, 0.25) is 0 Å². The van der Waals surface area contributed by atoms with Gasteiger partial charge in [-0.15, -0.1) is 11.3 Å². The highest BCUT2D eigenvalue weighted by molar-refractivity contribution is 7.12. The molecule has 1 aliphatic carbocycles. The van der Waals surface area contributed by atoms with Crippen molar-refractivity contribution in [3.05, 3.63) is 103 Å². The van der Waals surface area contributed by atoms with Crippen molar-refractivity contribution in [3.63, 3.8) is 0 Å². The van der Waals surface area contributed by atoms with Crippen LogP contribution in [0.1, 0.15) is 40.1 Å². The first-order chi connectivity index (χ1) is 19.6. The number of aromatic nitrogens is 1. The van der Waals surface area contributed by atoms with Crippen molar-refractivity contribution < 1.29 is 4.79 Å². The summed E-state index contributed by atoms with van der Waals surface area (Å²) in [6.07, 6.45) is 5.74. The van der Waals surface area contributed by atoms with Gasteiger partial charge in [-0.3, -0.25) is 19.4 Å². The van der Waals surface area contributed by atoms with E-state index in [-0.39, 0.29) is 11.9 Å². The van der Waals surface area contributed by atoms with E-state index in [4.69, 9.17) is 0 Å². The first-order valence-electron chi connectivity index (χ1n) is 13.5. The fraction of sp³-hybridized carbons (Fsp3) is 0.226. The zero-order chi connectivity index (χ0) is 27.2. The van der Waals surface area contributed by atoms with Crippen LogP contribution in [0.3, 0.4) is 0 Å². The molecule has 7 rings (SSSR count). The Morgan fingerprint density at radius 3 is 2.77 bits per heavy atom. The van der Waals surface area contributed by atoms with Crippen LogP contribution < -0.4 is 31.7 Å². The van der Waals surface area contributed by atoms with Crippen LogP contribution in [0.15, 0.2) is 75.8 Å². The first kappa shape index (κ1) is 24.5. The third kappa shape index (κ3) is 4.23. The Kier molecular flexibility index (Phi) is 6.08. The maximum atomic E-state index is 13.3. The molecule has 1 saturated carbocycles. The molecule has 40 heavy (non-hydrogen) atoms. The Morgan fingerprint density at radius 2 is 1.93 bits per heavy atom. The van der Waals surface area contributed by atoms with E-state index in [1.807, 2.05) is 64.9 Å². The van der Waals surface area contributed by atoms with Gasteiger partial charge in [-0.2, -0.15) is 0 Å². The average molecular weight is 550 g/mol. The van der Waals surface area contributed by atoms with E-state index in [1.165, 1.54) is 11.3 Å². The minimum atomic E-state index is -0.444. The summed E-state index contributed by atoms with van der Waals surface area (Å²) in [7, 11) is 0. The summed E-state index contributed by atoms with van der Waals surface area (Å²) in [6, 6.07) is 17.9. The molecule has 0 bridgehead atoms. The molecular formula is C31H27N5O3S. The van der Waals surface area contributed by atoms with Gasteiger partial charge in [0.15, 0.2) is 0 Å². The second-order valence-electron chi connectivity index (χ2n) is 10.4. The number of amides is 1. The molecule has 1 amide bonds. The molecular weight excluding hydrogens is 522 g/mol. The molecule has 2 aromatic heterocycles. The number of carbonyl (C=O) groups is 1. The zero-order valence-electron chi connectivity index (χ0n) is 21.7. The number of nitrogens with zero attached hydrogens (tertiary/aromatic N) is 2. The van der Waals surface area contributed by atoms with Crippen molar-refractivity contribution >= 4 is 56.6 Å². The fourth-order valence-electron chi connectivity index (χ4n) is 5.53. The predicted molar refractivity (Wildman–Crippen MR) is 161 cm³/mol. The Balaban J connectivity index is 1.08. The van der Waals surface area contributed by atoms with Crippen molar-refractivity contribution in [1.82, 2.24) is 4.98 Å². The van der Waals surface area contributed by atoms with Crippen molar-refractivity contribution in [2.45, 2.75) is 38.3 Å². The summed E-state index contributed by atoms with van der Waals surface area (Å²) in [5, 5.41) is 12.7. The molecule has 0 unspecified atom stereocenters. The summed E-state index contributed by atoms with van der Waals surface area (Å²) < 4.78 is 0. The second kappa shape index (κ2) is 9.91. The van der Waals surface area contributed by atoms with Crippen LogP contribution in [0, 0.1) is 0 Å². The summed E-state index contributed by atoms with van der Waals surface area (Å²) in [5.41, 5.74) is 5.40. The number of thiophene rings is 1. The van der Waals surface area contributed by atoms with Crippen LogP contribution in [0.25, 0.3) is 10.9 Å². The van der Waals surface area contributed by atoms with Crippen LogP contribution in [0.4, 0.5) is 28.4 Å². The van der Waals surface area contributed by atoms with Crippen molar-refractivity contribution in [2.24, 2.45) is 0 Å². The molecule has 3 N–H and O–H groups in total. The van der Waals surface area contributed by atoms with Crippen LogP contribution in [0.2, 0.25) is 0 Å². The second-order valence-corrected chi connectivity index (χ2v) is 11.3. The van der Waals surface area contributed by atoms with Crippen molar-refractivity contribution in [2.75, 3.05) is 27.4 Å². The number of hydrogen-bond donors (Lipinski definition) is 3. The lowest BCUT2D eigenvalue weighted by Gasteiger charge is -2.31. The van der Waals surface area contributed by atoms with Gasteiger partial charge < -0.3 is 20.9 Å². The Morgan fingerprint density at radius 1 is 1.05 bits per heavy atom. The maximum absolute atomic E-state index is 13.3. The zero-order valence-corrected chi connectivity index (χ0v) is 22.5. The SMILES string of the molecule is O=C(Nc1ccc2c(c1)N(c1c(NC3CCC3)c(=O)c1=O)CC2)c1sccc1NCc1ccnc2ccccc12. The van der Waals surface area contributed by atoms with E-state index in [2.05, 4.69) is 20.9 Å². The molecule has 3 aromatic carbocycles. The molecule has 0 spiro atoms. The van der Waals surface area contributed by atoms with Crippen LogP contribution >= 0.6 is 11.3 Å². The summed E-state index contributed by atoms with van der Waals surface area (Å²) in [6.45, 7) is 1.19. The van der Waals surface area contributed by atoms with Crippen LogP contribution in [-0.2, 0) is 13.0 Å². The summed E-state index contributed by atoms with van der Waals surface area (Å²) in [4.78, 5) is 45.2. The molecule has 0 saturated heterocycles. The average Bonchev–Trinajstić information content (AvgIpc) is 3.59. The topological polar surface area (TPSA) is 103 Å². The van der Waals surface area contributed by atoms with Gasteiger partial charge in [0.05, 0.1) is 11.2 Å². The third-order valence-corrected chi connectivity index (χ3v) is 8.84. The van der Waals surface area contributed by atoms with Gasteiger partial charge in [0.1, 0.15) is 16.3 Å². The number of pyridine rings is 1. The van der Waals surface area contributed by atoms with Gasteiger partial charge in [0, 0.05) is 42.1 Å². The Labute approximate surface area is 234 Å². The summed E-state index contributed by atoms with van der Waals surface area (Å²) >= 11 is 1.38. The van der Waals surface area contributed by atoms with E-state index in [0.717, 1.165) is 59.1 Å². The van der Waals surface area contributed by atoms with Crippen LogP contribution in [-0.4, -0.2) is 23.5 Å². The van der Waals surface area contributed by atoms with Gasteiger partial charge in [-0.05, 0) is 72.5 Å². The number of anilines is 5. The lowest BCUT2D eigenvalue weighted by atomic mass is 9.92. The Bertz CT molecular complexity index is 1830. The molecule has 1 fully saturated rings. The Hall–Kier alpha value is -4.50. The van der Waals surface area contributed by atoms with Crippen molar-refractivity contribution in [3.8, 4) is 0 Å². The number of hydrogen-bond acceptors (Lipinski definition) is 8. The van der Waals surface area contributed by atoms with Crippen molar-refractivity contribution in [1.29, 1.82) is 0 Å². The van der Waals surface area contributed by atoms with E-state index >= 15 is 0 Å². The van der Waals surface area contributed by atoms with Gasteiger partial charge in [0.25, 0.3) is 16.8 Å². The minimum absolute atomic E-state index is 0.206. The number of nitrogens with one attached hydrogen (secondary N) is 3. The molecule has 0 atom stereocenters. The molecule has 0 radical (unpaired) electrons. The maximum Gasteiger partial charge on any atom is 0.267 e. The molecule has 9 heteroatoms. The van der Waals surface area contributed by atoms with E-state index < -0.39 is 10.9 Å². The fourth-order valence-corrected chi connectivity index (χ4v) is 6.29. The quantitative estimate of drug-likeness (QED) is 0.222. The van der Waals surface area contributed by atoms with Gasteiger partial charge >= 0.3 is 0 Å². The normalized spacial score (nSPS) is 14.8. The van der Waals surface area contributed by atoms with E-state index in [0.29, 0.717) is 35.0 Å². The highest BCUT2D eigenvalue weighted by Crippen LogP contribution is 2.39. The van der Waals surface area contributed by atoms with E-state index in [1.54, 1.807) is 6.20 Å². The number of benzene rings is 2. The highest BCUT2D eigenvalue weighted by atomic mass is 32.1. The molecule has 1 aliphatic heterocycles. The lowest BCUT2D eigenvalue weighted by Crippen LogP contribution is -2.43. The number of rotatable bonds is 8. The first-order valence-corrected chi connectivity index (χ1v) is 14.4. The van der Waals surface area contributed by atoms with Gasteiger partial charge in [-0.25, -0.2) is 0 Å². The largest absolute Gasteiger partial charge is 0.380 e. The smallest absolute Gasteiger partial charge is 0.267 e. The molecule has 2 aliphatic rings. The highest BCUT2D eigenvalue weighted by Gasteiger charge is 2.33. The van der Waals surface area contributed by atoms with Crippen LogP contribution in [0.5, 0.6) is 0 Å². The monoisotopic (exact) mass is 549 g/mol. The number of fused-ring (bicyclic) bond motifs is 2. The molecule has 8 nitrogen and oxygen atoms in total. The standard InChI is InChI=1S/C31H27N5O3S/c37-28-26(34-20-4-3-5-20)27(29(28)38)36-14-11-18-8-9-21(16-25(18)36)35-31(39)30-24(12-15-40-30)33-17-19-10-13-32-23-7-2-1-6-22(19)23/h1-2,6-10,12-13,15-16,20,33-34H,3-5,11,14,17H2,(H,35,39). The van der Waals surface area contributed by atoms with Gasteiger partial charge in [-0.1, -0.05) is 24.3 Å². The minimum Gasteiger partial charge on any atom is -0.380 e. The summed E-state index contributed by atoms with van der Waals surface area (Å²) in [5.74, 6) is -0.206. The predicted octanol–water partition coefficient (Wildman–Crippen LogP) is 5.42. The molecule has 3 heterocycles. The lowest BCUT2D eigenvalue weighted by molar-refractivity contribution is 0.103. The van der Waals surface area contributed by atoms with E-state index in [9.17, 15) is 14.4 Å². The molecule has 5 aromatic rings. The molecule has 200 valence electrons. The number of carbonyl (C=O) groups excluding carboxylic acids is 1. The third-order valence-electron chi connectivity index (χ3n) is 7.93.